The van der Waals surface area contributed by atoms with Crippen LogP contribution >= 0.6 is 0 Å². The maximum Gasteiger partial charge on any atom is 0.141 e. The van der Waals surface area contributed by atoms with E-state index in [1.54, 1.807) is 6.20 Å². The van der Waals surface area contributed by atoms with E-state index in [1.807, 2.05) is 24.6 Å². The van der Waals surface area contributed by atoms with Crippen LogP contribution in [0, 0.1) is 19.7 Å². The fraction of sp³-hybridized carbons (Fsp3) is 0.273. The summed E-state index contributed by atoms with van der Waals surface area (Å²) in [4.78, 5) is 3.80. The standard InChI is InChI=1S/C11H12FN3/c1-8-3-9(2)15(14-8)7-10-4-11(12)6-13-5-10/h3-6H,7H2,1-2H3. The van der Waals surface area contributed by atoms with Crippen LogP contribution in [0.25, 0.3) is 0 Å². The van der Waals surface area contributed by atoms with Gasteiger partial charge in [0.25, 0.3) is 0 Å². The Kier molecular flexibility index (Phi) is 2.49. The monoisotopic (exact) mass is 205 g/mol. The van der Waals surface area contributed by atoms with Gasteiger partial charge >= 0.3 is 0 Å². The van der Waals surface area contributed by atoms with Crippen LogP contribution in [-0.2, 0) is 6.54 Å². The summed E-state index contributed by atoms with van der Waals surface area (Å²) in [5.74, 6) is -0.311. The van der Waals surface area contributed by atoms with Crippen molar-refractivity contribution in [2.24, 2.45) is 0 Å². The second-order valence-corrected chi connectivity index (χ2v) is 3.60. The first-order valence-corrected chi connectivity index (χ1v) is 4.75. The molecule has 0 saturated heterocycles. The van der Waals surface area contributed by atoms with E-state index in [0.717, 1.165) is 17.0 Å². The number of aryl methyl sites for hydroxylation is 2. The van der Waals surface area contributed by atoms with Crippen LogP contribution in [0.1, 0.15) is 17.0 Å². The first kappa shape index (κ1) is 9.83. The van der Waals surface area contributed by atoms with Crippen LogP contribution in [0.15, 0.2) is 24.5 Å². The lowest BCUT2D eigenvalue weighted by Gasteiger charge is -2.03. The van der Waals surface area contributed by atoms with E-state index in [1.165, 1.54) is 12.3 Å². The Labute approximate surface area is 87.6 Å². The van der Waals surface area contributed by atoms with Crippen LogP contribution in [-0.4, -0.2) is 14.8 Å². The normalized spacial score (nSPS) is 10.6. The summed E-state index contributed by atoms with van der Waals surface area (Å²) in [7, 11) is 0. The highest BCUT2D eigenvalue weighted by Crippen LogP contribution is 2.07. The average Bonchev–Trinajstić information content (AvgIpc) is 2.45. The maximum atomic E-state index is 12.9. The van der Waals surface area contributed by atoms with Crippen molar-refractivity contribution < 1.29 is 4.39 Å². The molecular weight excluding hydrogens is 193 g/mol. The topological polar surface area (TPSA) is 30.7 Å². The Morgan fingerprint density at radius 1 is 1.27 bits per heavy atom. The van der Waals surface area contributed by atoms with E-state index in [9.17, 15) is 4.39 Å². The number of pyridine rings is 1. The van der Waals surface area contributed by atoms with E-state index >= 15 is 0 Å². The zero-order valence-corrected chi connectivity index (χ0v) is 8.74. The lowest BCUT2D eigenvalue weighted by Crippen LogP contribution is -2.04. The molecule has 3 nitrogen and oxygen atoms in total. The van der Waals surface area contributed by atoms with Crippen LogP contribution in [0.4, 0.5) is 4.39 Å². The van der Waals surface area contributed by atoms with Gasteiger partial charge in [0, 0.05) is 11.9 Å². The first-order valence-electron chi connectivity index (χ1n) is 4.75. The molecule has 0 fully saturated rings. The molecule has 0 aromatic carbocycles. The number of aromatic nitrogens is 3. The number of rotatable bonds is 2. The molecule has 2 aromatic rings. The van der Waals surface area contributed by atoms with Crippen molar-refractivity contribution in [1.29, 1.82) is 0 Å². The summed E-state index contributed by atoms with van der Waals surface area (Å²) >= 11 is 0. The Balaban J connectivity index is 2.25. The molecule has 0 amide bonds. The van der Waals surface area contributed by atoms with E-state index in [2.05, 4.69) is 10.1 Å². The fourth-order valence-corrected chi connectivity index (χ4v) is 1.55. The summed E-state index contributed by atoms with van der Waals surface area (Å²) < 4.78 is 14.7. The molecule has 0 N–H and O–H groups in total. The van der Waals surface area contributed by atoms with E-state index in [0.29, 0.717) is 6.54 Å². The molecule has 2 rings (SSSR count). The molecule has 0 spiro atoms. The summed E-state index contributed by atoms with van der Waals surface area (Å²) in [5, 5.41) is 4.30. The lowest BCUT2D eigenvalue weighted by molar-refractivity contribution is 0.608. The molecule has 15 heavy (non-hydrogen) atoms. The summed E-state index contributed by atoms with van der Waals surface area (Å²) in [6, 6.07) is 3.47. The van der Waals surface area contributed by atoms with Gasteiger partial charge in [-0.25, -0.2) is 4.39 Å². The van der Waals surface area contributed by atoms with Gasteiger partial charge in [-0.2, -0.15) is 5.10 Å². The minimum Gasteiger partial charge on any atom is -0.265 e. The quantitative estimate of drug-likeness (QED) is 0.751. The molecule has 78 valence electrons. The molecule has 2 heterocycles. The second kappa shape index (κ2) is 3.81. The van der Waals surface area contributed by atoms with Crippen LogP contribution in [0.3, 0.4) is 0 Å². The van der Waals surface area contributed by atoms with Gasteiger partial charge in [-0.15, -0.1) is 0 Å². The minimum atomic E-state index is -0.311. The molecule has 0 radical (unpaired) electrons. The van der Waals surface area contributed by atoms with Gasteiger partial charge in [0.2, 0.25) is 0 Å². The fourth-order valence-electron chi connectivity index (χ4n) is 1.55. The average molecular weight is 205 g/mol. The molecule has 0 aliphatic rings. The van der Waals surface area contributed by atoms with E-state index < -0.39 is 0 Å². The Hall–Kier alpha value is -1.71. The van der Waals surface area contributed by atoms with Gasteiger partial charge in [0.1, 0.15) is 5.82 Å². The Morgan fingerprint density at radius 3 is 2.67 bits per heavy atom. The van der Waals surface area contributed by atoms with Crippen molar-refractivity contribution in [2.75, 3.05) is 0 Å². The van der Waals surface area contributed by atoms with E-state index in [-0.39, 0.29) is 5.82 Å². The molecule has 0 aliphatic carbocycles. The minimum absolute atomic E-state index is 0.311. The SMILES string of the molecule is Cc1cc(C)n(Cc2cncc(F)c2)n1. The van der Waals surface area contributed by atoms with Crippen molar-refractivity contribution in [3.05, 3.63) is 47.3 Å². The van der Waals surface area contributed by atoms with Crippen LogP contribution < -0.4 is 0 Å². The van der Waals surface area contributed by atoms with Gasteiger partial charge in [-0.05, 0) is 31.5 Å². The smallest absolute Gasteiger partial charge is 0.141 e. The van der Waals surface area contributed by atoms with Gasteiger partial charge in [0.05, 0.1) is 18.4 Å². The summed E-state index contributed by atoms with van der Waals surface area (Å²) in [6.07, 6.45) is 2.85. The van der Waals surface area contributed by atoms with Crippen molar-refractivity contribution >= 4 is 0 Å². The number of nitrogens with zero attached hydrogens (tertiary/aromatic N) is 3. The third-order valence-electron chi connectivity index (χ3n) is 2.20. The van der Waals surface area contributed by atoms with Crippen LogP contribution in [0.5, 0.6) is 0 Å². The molecule has 0 saturated carbocycles. The van der Waals surface area contributed by atoms with Gasteiger partial charge in [-0.1, -0.05) is 0 Å². The predicted molar refractivity (Wildman–Crippen MR) is 55.0 cm³/mol. The molecule has 2 aromatic heterocycles. The molecule has 0 bridgehead atoms. The van der Waals surface area contributed by atoms with Gasteiger partial charge in [0.15, 0.2) is 0 Å². The third kappa shape index (κ3) is 2.21. The molecule has 0 unspecified atom stereocenters. The van der Waals surface area contributed by atoms with Crippen LogP contribution in [0.2, 0.25) is 0 Å². The molecule has 0 aliphatic heterocycles. The molecular formula is C11H12FN3. The highest BCUT2D eigenvalue weighted by molar-refractivity contribution is 5.13. The first-order chi connectivity index (χ1) is 7.15. The molecule has 0 atom stereocenters. The Bertz CT molecular complexity index is 476. The number of hydrogen-bond donors (Lipinski definition) is 0. The Morgan fingerprint density at radius 2 is 2.07 bits per heavy atom. The zero-order valence-electron chi connectivity index (χ0n) is 8.74. The maximum absolute atomic E-state index is 12.9. The predicted octanol–water partition coefficient (Wildman–Crippen LogP) is 2.08. The zero-order chi connectivity index (χ0) is 10.8. The van der Waals surface area contributed by atoms with Gasteiger partial charge < -0.3 is 0 Å². The number of hydrogen-bond acceptors (Lipinski definition) is 2. The van der Waals surface area contributed by atoms with E-state index in [4.69, 9.17) is 0 Å². The van der Waals surface area contributed by atoms with Crippen molar-refractivity contribution in [3.8, 4) is 0 Å². The second-order valence-electron chi connectivity index (χ2n) is 3.60. The highest BCUT2D eigenvalue weighted by Gasteiger charge is 2.02. The summed E-state index contributed by atoms with van der Waals surface area (Å²) in [5.41, 5.74) is 2.86. The van der Waals surface area contributed by atoms with Crippen molar-refractivity contribution in [3.63, 3.8) is 0 Å². The lowest BCUT2D eigenvalue weighted by atomic mass is 10.3. The largest absolute Gasteiger partial charge is 0.265 e. The van der Waals surface area contributed by atoms with Crippen molar-refractivity contribution in [1.82, 2.24) is 14.8 Å². The molecule has 4 heteroatoms. The van der Waals surface area contributed by atoms with Gasteiger partial charge in [-0.3, -0.25) is 9.67 Å². The number of halogens is 1. The summed E-state index contributed by atoms with van der Waals surface area (Å²) in [6.45, 7) is 4.48. The van der Waals surface area contributed by atoms with Crippen molar-refractivity contribution in [2.45, 2.75) is 20.4 Å². The third-order valence-corrected chi connectivity index (χ3v) is 2.20. The highest BCUT2D eigenvalue weighted by atomic mass is 19.1.